The molecule has 0 bridgehead atoms. The van der Waals surface area contributed by atoms with Gasteiger partial charge in [0.05, 0.1) is 19.8 Å². The highest BCUT2D eigenvalue weighted by atomic mass is 16.7. The van der Waals surface area contributed by atoms with Crippen LogP contribution in [0.5, 0.6) is 0 Å². The minimum Gasteiger partial charge on any atom is -0.457 e. The maximum absolute atomic E-state index is 12.8. The Kier molecular flexibility index (Phi) is 35.0. The van der Waals surface area contributed by atoms with Gasteiger partial charge in [-0.25, -0.2) is 0 Å². The zero-order chi connectivity index (χ0) is 39.3. The molecule has 6 unspecified atom stereocenters. The van der Waals surface area contributed by atoms with Gasteiger partial charge >= 0.3 is 5.97 Å². The molecule has 0 radical (unpaired) electrons. The van der Waals surface area contributed by atoms with Crippen LogP contribution in [0.25, 0.3) is 0 Å². The van der Waals surface area contributed by atoms with Crippen molar-refractivity contribution in [2.24, 2.45) is 0 Å². The van der Waals surface area contributed by atoms with Crippen molar-refractivity contribution >= 4 is 5.97 Å². The lowest BCUT2D eigenvalue weighted by molar-refractivity contribution is -0.305. The molecule has 1 aliphatic rings. The molecule has 0 aromatic rings. The molecule has 0 aromatic heterocycles. The summed E-state index contributed by atoms with van der Waals surface area (Å²) >= 11 is 0. The van der Waals surface area contributed by atoms with E-state index in [1.54, 1.807) is 0 Å². The van der Waals surface area contributed by atoms with E-state index in [9.17, 15) is 25.2 Å². The highest BCUT2D eigenvalue weighted by Crippen LogP contribution is 2.22. The van der Waals surface area contributed by atoms with Gasteiger partial charge in [0.2, 0.25) is 0 Å². The molecule has 0 saturated carbocycles. The molecule has 9 heteroatoms. The van der Waals surface area contributed by atoms with Gasteiger partial charge in [-0.2, -0.15) is 0 Å². The first-order valence-corrected chi connectivity index (χ1v) is 22.4. The van der Waals surface area contributed by atoms with E-state index >= 15 is 0 Å². The van der Waals surface area contributed by atoms with Gasteiger partial charge in [0.25, 0.3) is 0 Å². The third-order valence-electron chi connectivity index (χ3n) is 10.4. The Bertz CT molecular complexity index is 879. The number of carbonyl (C=O) groups is 1. The molecule has 1 fully saturated rings. The van der Waals surface area contributed by atoms with Gasteiger partial charge in [0.15, 0.2) is 6.29 Å². The second-order valence-corrected chi connectivity index (χ2v) is 15.5. The van der Waals surface area contributed by atoms with Crippen molar-refractivity contribution in [3.05, 3.63) is 24.3 Å². The van der Waals surface area contributed by atoms with Crippen molar-refractivity contribution in [3.8, 4) is 0 Å². The molecule has 0 aromatic carbocycles. The maximum atomic E-state index is 12.8. The van der Waals surface area contributed by atoms with E-state index in [2.05, 4.69) is 38.2 Å². The van der Waals surface area contributed by atoms with Crippen LogP contribution in [0.1, 0.15) is 194 Å². The van der Waals surface area contributed by atoms with Crippen molar-refractivity contribution in [2.75, 3.05) is 26.4 Å². The molecule has 0 aliphatic carbocycles. The highest BCUT2D eigenvalue weighted by molar-refractivity contribution is 5.69. The third kappa shape index (κ3) is 28.1. The second kappa shape index (κ2) is 37.3. The fourth-order valence-electron chi connectivity index (χ4n) is 6.82. The zero-order valence-corrected chi connectivity index (χ0v) is 34.7. The summed E-state index contributed by atoms with van der Waals surface area (Å²) in [5, 5.41) is 40.0. The largest absolute Gasteiger partial charge is 0.457 e. The Balaban J connectivity index is 2.22. The molecule has 6 atom stereocenters. The Labute approximate surface area is 330 Å². The number of rotatable bonds is 38. The van der Waals surface area contributed by atoms with Gasteiger partial charge < -0.3 is 39.4 Å². The first-order valence-electron chi connectivity index (χ1n) is 22.4. The fourth-order valence-corrected chi connectivity index (χ4v) is 6.82. The number of esters is 1. The molecule has 318 valence electrons. The summed E-state index contributed by atoms with van der Waals surface area (Å²) in [6, 6.07) is 0. The Morgan fingerprint density at radius 3 is 1.59 bits per heavy atom. The molecule has 54 heavy (non-hydrogen) atoms. The minimum absolute atomic E-state index is 0.112. The lowest BCUT2D eigenvalue weighted by atomic mass is 9.99. The minimum atomic E-state index is -1.53. The molecule has 1 saturated heterocycles. The van der Waals surface area contributed by atoms with Crippen LogP contribution in [0, 0.1) is 0 Å². The number of allylic oxidation sites excluding steroid dienone is 4. The lowest BCUT2D eigenvalue weighted by Crippen LogP contribution is -2.59. The smallest absolute Gasteiger partial charge is 0.306 e. The summed E-state index contributed by atoms with van der Waals surface area (Å²) in [6.07, 6.45) is 34.9. The number of aliphatic hydroxyl groups excluding tert-OH is 4. The van der Waals surface area contributed by atoms with E-state index in [1.807, 2.05) is 0 Å². The van der Waals surface area contributed by atoms with E-state index in [1.165, 1.54) is 135 Å². The summed E-state index contributed by atoms with van der Waals surface area (Å²) in [4.78, 5) is 12.8. The van der Waals surface area contributed by atoms with Crippen molar-refractivity contribution < 1.29 is 44.2 Å². The van der Waals surface area contributed by atoms with Crippen LogP contribution < -0.4 is 0 Å². The van der Waals surface area contributed by atoms with Gasteiger partial charge in [0.1, 0.15) is 30.5 Å². The number of hydrogen-bond donors (Lipinski definition) is 4. The zero-order valence-electron chi connectivity index (χ0n) is 34.7. The van der Waals surface area contributed by atoms with E-state index in [4.69, 9.17) is 18.9 Å². The van der Waals surface area contributed by atoms with Gasteiger partial charge in [-0.1, -0.05) is 167 Å². The quantitative estimate of drug-likeness (QED) is 0.0275. The van der Waals surface area contributed by atoms with E-state index in [-0.39, 0.29) is 19.2 Å². The monoisotopic (exact) mass is 769 g/mol. The molecule has 1 rings (SSSR count). The summed E-state index contributed by atoms with van der Waals surface area (Å²) < 4.78 is 22.8. The molecule has 1 aliphatic heterocycles. The van der Waals surface area contributed by atoms with Crippen LogP contribution in [-0.2, 0) is 23.7 Å². The summed E-state index contributed by atoms with van der Waals surface area (Å²) in [7, 11) is 0. The predicted octanol–water partition coefficient (Wildman–Crippen LogP) is 9.81. The van der Waals surface area contributed by atoms with Crippen LogP contribution in [0.15, 0.2) is 24.3 Å². The summed E-state index contributed by atoms with van der Waals surface area (Å²) in [6.45, 7) is 4.55. The first-order chi connectivity index (χ1) is 26.4. The van der Waals surface area contributed by atoms with E-state index < -0.39 is 43.4 Å². The molecular formula is C45H84O9. The van der Waals surface area contributed by atoms with Gasteiger partial charge in [-0.3, -0.25) is 4.79 Å². The number of aliphatic hydroxyl groups is 4. The topological polar surface area (TPSA) is 135 Å². The van der Waals surface area contributed by atoms with Gasteiger partial charge in [-0.15, -0.1) is 0 Å². The molecule has 0 spiro atoms. The van der Waals surface area contributed by atoms with Crippen LogP contribution in [0.3, 0.4) is 0 Å². The number of ether oxygens (including phenoxy) is 4. The van der Waals surface area contributed by atoms with Crippen molar-refractivity contribution in [1.82, 2.24) is 0 Å². The SMILES string of the molecule is CCCCCCC/C=C\C/C=C\CCCCCCCCCCCC(=O)OC(COCCCCCCCCCCCC)COC1OC(CO)C(O)C(O)C1O. The molecule has 1 heterocycles. The van der Waals surface area contributed by atoms with Crippen molar-refractivity contribution in [1.29, 1.82) is 0 Å². The van der Waals surface area contributed by atoms with Crippen molar-refractivity contribution in [2.45, 2.75) is 230 Å². The van der Waals surface area contributed by atoms with Crippen LogP contribution in [0.2, 0.25) is 0 Å². The summed E-state index contributed by atoms with van der Waals surface area (Å²) in [5.74, 6) is -0.317. The molecule has 9 nitrogen and oxygen atoms in total. The standard InChI is InChI=1S/C45H84O9/c1-3-5-7-9-11-13-15-16-17-18-19-20-21-22-23-24-25-26-28-30-32-34-41(47)53-39(37-51-35-33-31-29-27-14-12-10-8-6-4-2)38-52-45-44(50)43(49)42(48)40(36-46)54-45/h15-16,18-19,39-40,42-46,48-50H,3-14,17,20-38H2,1-2H3/b16-15-,19-18-. The second-order valence-electron chi connectivity index (χ2n) is 15.5. The molecular weight excluding hydrogens is 684 g/mol. The van der Waals surface area contributed by atoms with Crippen LogP contribution in [0.4, 0.5) is 0 Å². The molecule has 0 amide bonds. The Hall–Kier alpha value is -1.33. The number of unbranched alkanes of at least 4 members (excludes halogenated alkanes) is 23. The Morgan fingerprint density at radius 1 is 0.593 bits per heavy atom. The third-order valence-corrected chi connectivity index (χ3v) is 10.4. The first kappa shape index (κ1) is 50.7. The average Bonchev–Trinajstić information content (AvgIpc) is 3.17. The van der Waals surface area contributed by atoms with Gasteiger partial charge in [0, 0.05) is 13.0 Å². The average molecular weight is 769 g/mol. The lowest BCUT2D eigenvalue weighted by Gasteiger charge is -2.39. The maximum Gasteiger partial charge on any atom is 0.306 e. The Morgan fingerprint density at radius 2 is 1.07 bits per heavy atom. The van der Waals surface area contributed by atoms with E-state index in [0.29, 0.717) is 13.0 Å². The normalized spacial score (nSPS) is 21.0. The predicted molar refractivity (Wildman–Crippen MR) is 219 cm³/mol. The summed E-state index contributed by atoms with van der Waals surface area (Å²) in [5.41, 5.74) is 0. The van der Waals surface area contributed by atoms with Crippen LogP contribution in [-0.4, -0.2) is 89.6 Å². The number of hydrogen-bond acceptors (Lipinski definition) is 9. The molecule has 4 N–H and O–H groups in total. The van der Waals surface area contributed by atoms with Crippen LogP contribution >= 0.6 is 0 Å². The number of carbonyl (C=O) groups excluding carboxylic acids is 1. The van der Waals surface area contributed by atoms with Gasteiger partial charge in [-0.05, 0) is 44.9 Å². The van der Waals surface area contributed by atoms with E-state index in [0.717, 1.165) is 38.5 Å². The highest BCUT2D eigenvalue weighted by Gasteiger charge is 2.44. The van der Waals surface area contributed by atoms with Crippen molar-refractivity contribution in [3.63, 3.8) is 0 Å². The fraction of sp³-hybridized carbons (Fsp3) is 0.889.